The summed E-state index contributed by atoms with van der Waals surface area (Å²) in [4.78, 5) is 22.0. The van der Waals surface area contributed by atoms with E-state index < -0.39 is 30.3 Å². The Morgan fingerprint density at radius 1 is 1.24 bits per heavy atom. The first-order valence-electron chi connectivity index (χ1n) is 5.44. The lowest BCUT2D eigenvalue weighted by Gasteiger charge is -2.25. The van der Waals surface area contributed by atoms with Gasteiger partial charge in [-0.2, -0.15) is 0 Å². The molecule has 0 aliphatic carbocycles. The Morgan fingerprint density at radius 3 is 2.29 bits per heavy atom. The lowest BCUT2D eigenvalue weighted by atomic mass is 10.1. The van der Waals surface area contributed by atoms with E-state index in [-0.39, 0.29) is 12.7 Å². The summed E-state index contributed by atoms with van der Waals surface area (Å²) < 4.78 is 20.8. The molecule has 0 N–H and O–H groups in total. The standard InChI is InChI=1S/C11H18O6/c1-6(14-4)10-11(17-8(3)13)9(5-15-10)16-7(2)12/h6,9-11H,5H2,1-4H3. The second-order valence-corrected chi connectivity index (χ2v) is 3.96. The molecule has 1 aliphatic heterocycles. The van der Waals surface area contributed by atoms with Gasteiger partial charge in [-0.1, -0.05) is 0 Å². The van der Waals surface area contributed by atoms with Crippen molar-refractivity contribution in [2.24, 2.45) is 0 Å². The molecule has 0 amide bonds. The molecule has 4 unspecified atom stereocenters. The van der Waals surface area contributed by atoms with Gasteiger partial charge >= 0.3 is 11.9 Å². The second kappa shape index (κ2) is 5.97. The molecule has 0 radical (unpaired) electrons. The summed E-state index contributed by atoms with van der Waals surface area (Å²) in [5.74, 6) is -0.868. The van der Waals surface area contributed by atoms with Crippen molar-refractivity contribution in [1.29, 1.82) is 0 Å². The van der Waals surface area contributed by atoms with E-state index in [0.717, 1.165) is 0 Å². The minimum absolute atomic E-state index is 0.204. The summed E-state index contributed by atoms with van der Waals surface area (Å²) in [6, 6.07) is 0. The van der Waals surface area contributed by atoms with E-state index in [0.29, 0.717) is 0 Å². The molecule has 1 rings (SSSR count). The summed E-state index contributed by atoms with van der Waals surface area (Å²) in [5.41, 5.74) is 0. The summed E-state index contributed by atoms with van der Waals surface area (Å²) in [6.45, 7) is 4.61. The number of ether oxygens (including phenoxy) is 4. The minimum atomic E-state index is -0.619. The third-order valence-corrected chi connectivity index (χ3v) is 2.60. The number of esters is 2. The molecule has 17 heavy (non-hydrogen) atoms. The van der Waals surface area contributed by atoms with Crippen molar-refractivity contribution in [3.05, 3.63) is 0 Å². The Morgan fingerprint density at radius 2 is 1.82 bits per heavy atom. The molecular weight excluding hydrogens is 228 g/mol. The number of carbonyl (C=O) groups is 2. The molecule has 0 aromatic carbocycles. The zero-order valence-electron chi connectivity index (χ0n) is 10.5. The molecule has 1 saturated heterocycles. The maximum Gasteiger partial charge on any atom is 0.303 e. The van der Waals surface area contributed by atoms with Crippen LogP contribution in [0.3, 0.4) is 0 Å². The largest absolute Gasteiger partial charge is 0.456 e. The van der Waals surface area contributed by atoms with Gasteiger partial charge in [-0.25, -0.2) is 0 Å². The predicted molar refractivity (Wildman–Crippen MR) is 57.3 cm³/mol. The zero-order valence-corrected chi connectivity index (χ0v) is 10.5. The molecule has 0 aromatic heterocycles. The van der Waals surface area contributed by atoms with Gasteiger partial charge in [0.05, 0.1) is 12.7 Å². The van der Waals surface area contributed by atoms with Gasteiger partial charge in [0.25, 0.3) is 0 Å². The Hall–Kier alpha value is -1.14. The Balaban J connectivity index is 2.73. The molecule has 6 heteroatoms. The summed E-state index contributed by atoms with van der Waals surface area (Å²) in [7, 11) is 1.54. The average Bonchev–Trinajstić information content (AvgIpc) is 2.59. The molecule has 98 valence electrons. The monoisotopic (exact) mass is 246 g/mol. The van der Waals surface area contributed by atoms with Gasteiger partial charge in [0, 0.05) is 21.0 Å². The van der Waals surface area contributed by atoms with E-state index in [1.54, 1.807) is 6.92 Å². The number of methoxy groups -OCH3 is 1. The number of hydrogen-bond donors (Lipinski definition) is 0. The van der Waals surface area contributed by atoms with Crippen molar-refractivity contribution >= 4 is 11.9 Å². The molecule has 1 fully saturated rings. The smallest absolute Gasteiger partial charge is 0.303 e. The minimum Gasteiger partial charge on any atom is -0.456 e. The van der Waals surface area contributed by atoms with Crippen LogP contribution in [0.4, 0.5) is 0 Å². The lowest BCUT2D eigenvalue weighted by molar-refractivity contribution is -0.165. The number of rotatable bonds is 4. The molecular formula is C11H18O6. The van der Waals surface area contributed by atoms with Crippen LogP contribution < -0.4 is 0 Å². The van der Waals surface area contributed by atoms with Crippen molar-refractivity contribution < 1.29 is 28.5 Å². The van der Waals surface area contributed by atoms with Gasteiger partial charge in [0.1, 0.15) is 6.10 Å². The van der Waals surface area contributed by atoms with Crippen molar-refractivity contribution in [1.82, 2.24) is 0 Å². The third kappa shape index (κ3) is 3.67. The Kier molecular flexibility index (Phi) is 4.89. The second-order valence-electron chi connectivity index (χ2n) is 3.96. The molecule has 6 nitrogen and oxygen atoms in total. The van der Waals surface area contributed by atoms with Crippen molar-refractivity contribution in [2.75, 3.05) is 13.7 Å². The predicted octanol–water partition coefficient (Wildman–Crippen LogP) is 0.283. The highest BCUT2D eigenvalue weighted by Crippen LogP contribution is 2.24. The van der Waals surface area contributed by atoms with Gasteiger partial charge in [-0.15, -0.1) is 0 Å². The summed E-state index contributed by atoms with van der Waals surface area (Å²) in [5, 5.41) is 0. The van der Waals surface area contributed by atoms with Crippen LogP contribution in [-0.4, -0.2) is 50.1 Å². The number of carbonyl (C=O) groups excluding carboxylic acids is 2. The average molecular weight is 246 g/mol. The molecule has 1 heterocycles. The first kappa shape index (κ1) is 13.9. The third-order valence-electron chi connectivity index (χ3n) is 2.60. The van der Waals surface area contributed by atoms with E-state index >= 15 is 0 Å². The van der Waals surface area contributed by atoms with Gasteiger partial charge < -0.3 is 18.9 Å². The normalized spacial score (nSPS) is 29.8. The highest BCUT2D eigenvalue weighted by molar-refractivity contribution is 5.67. The first-order chi connectivity index (χ1) is 7.95. The van der Waals surface area contributed by atoms with E-state index in [4.69, 9.17) is 18.9 Å². The van der Waals surface area contributed by atoms with Crippen LogP contribution >= 0.6 is 0 Å². The number of hydrogen-bond acceptors (Lipinski definition) is 6. The van der Waals surface area contributed by atoms with Crippen LogP contribution in [0.5, 0.6) is 0 Å². The van der Waals surface area contributed by atoms with E-state index in [1.807, 2.05) is 0 Å². The molecule has 4 atom stereocenters. The summed E-state index contributed by atoms with van der Waals surface area (Å²) in [6.07, 6.45) is -1.86. The summed E-state index contributed by atoms with van der Waals surface area (Å²) >= 11 is 0. The zero-order chi connectivity index (χ0) is 13.0. The fraction of sp³-hybridized carbons (Fsp3) is 0.818. The highest BCUT2D eigenvalue weighted by Gasteiger charge is 2.44. The van der Waals surface area contributed by atoms with Gasteiger partial charge in [-0.05, 0) is 6.92 Å². The van der Waals surface area contributed by atoms with Crippen molar-refractivity contribution in [3.63, 3.8) is 0 Å². The maximum absolute atomic E-state index is 11.0. The van der Waals surface area contributed by atoms with Gasteiger partial charge in [0.2, 0.25) is 0 Å². The van der Waals surface area contributed by atoms with Crippen molar-refractivity contribution in [3.8, 4) is 0 Å². The maximum atomic E-state index is 11.0. The molecule has 0 spiro atoms. The first-order valence-corrected chi connectivity index (χ1v) is 5.44. The Labute approximate surface area is 100 Å². The van der Waals surface area contributed by atoms with Crippen LogP contribution in [0.1, 0.15) is 20.8 Å². The molecule has 1 aliphatic rings. The van der Waals surface area contributed by atoms with Gasteiger partial charge in [0.15, 0.2) is 12.2 Å². The van der Waals surface area contributed by atoms with E-state index in [1.165, 1.54) is 21.0 Å². The fourth-order valence-corrected chi connectivity index (χ4v) is 1.79. The van der Waals surface area contributed by atoms with Crippen LogP contribution in [0.2, 0.25) is 0 Å². The topological polar surface area (TPSA) is 71.1 Å². The Bertz CT molecular complexity index is 290. The molecule has 0 saturated carbocycles. The van der Waals surface area contributed by atoms with Crippen molar-refractivity contribution in [2.45, 2.75) is 45.2 Å². The van der Waals surface area contributed by atoms with E-state index in [9.17, 15) is 9.59 Å². The SMILES string of the molecule is COC(C)C1OCC(OC(C)=O)C1OC(C)=O. The highest BCUT2D eigenvalue weighted by atomic mass is 16.6. The van der Waals surface area contributed by atoms with Gasteiger partial charge in [-0.3, -0.25) is 9.59 Å². The molecule has 0 bridgehead atoms. The fourth-order valence-electron chi connectivity index (χ4n) is 1.79. The van der Waals surface area contributed by atoms with Crippen LogP contribution in [-0.2, 0) is 28.5 Å². The molecule has 0 aromatic rings. The quantitative estimate of drug-likeness (QED) is 0.664. The lowest BCUT2D eigenvalue weighted by Crippen LogP contribution is -2.42. The van der Waals surface area contributed by atoms with Crippen LogP contribution in [0.25, 0.3) is 0 Å². The van der Waals surface area contributed by atoms with Crippen LogP contribution in [0.15, 0.2) is 0 Å². The van der Waals surface area contributed by atoms with E-state index in [2.05, 4.69) is 0 Å². The van der Waals surface area contributed by atoms with Crippen LogP contribution in [0, 0.1) is 0 Å².